The predicted molar refractivity (Wildman–Crippen MR) is 69.8 cm³/mol. The molecular weight excluding hydrogens is 236 g/mol. The summed E-state index contributed by atoms with van der Waals surface area (Å²) in [5, 5.41) is 2.76. The second-order valence-electron chi connectivity index (χ2n) is 4.47. The quantitative estimate of drug-likeness (QED) is 0.817. The second kappa shape index (κ2) is 4.66. The minimum absolute atomic E-state index is 0.384. The SMILES string of the molecule is Cc1cccc(N2CCNCC(C)S2(=O)=O)c1. The fourth-order valence-electron chi connectivity index (χ4n) is 1.99. The Hall–Kier alpha value is -1.07. The fraction of sp³-hybridized carbons (Fsp3) is 0.500. The van der Waals surface area contributed by atoms with Crippen LogP contribution in [-0.2, 0) is 10.0 Å². The third-order valence-corrected chi connectivity index (χ3v) is 5.22. The van der Waals surface area contributed by atoms with Crippen molar-refractivity contribution in [3.63, 3.8) is 0 Å². The van der Waals surface area contributed by atoms with Crippen LogP contribution in [0.2, 0.25) is 0 Å². The molecule has 0 saturated carbocycles. The minimum Gasteiger partial charge on any atom is -0.314 e. The summed E-state index contributed by atoms with van der Waals surface area (Å²) in [5.74, 6) is 0. The lowest BCUT2D eigenvalue weighted by atomic mass is 10.2. The number of nitrogens with zero attached hydrogens (tertiary/aromatic N) is 1. The Bertz CT molecular complexity index is 499. The molecule has 1 aliphatic rings. The molecule has 0 radical (unpaired) electrons. The lowest BCUT2D eigenvalue weighted by Crippen LogP contribution is -2.37. The number of sulfonamides is 1. The summed E-state index contributed by atoms with van der Waals surface area (Å²) in [4.78, 5) is 0. The van der Waals surface area contributed by atoms with Crippen LogP contribution in [0.25, 0.3) is 0 Å². The molecule has 94 valence electrons. The van der Waals surface area contributed by atoms with Gasteiger partial charge in [0.05, 0.1) is 10.9 Å². The van der Waals surface area contributed by atoms with E-state index in [-0.39, 0.29) is 5.25 Å². The van der Waals surface area contributed by atoms with Gasteiger partial charge in [-0.15, -0.1) is 0 Å². The molecule has 0 aliphatic carbocycles. The van der Waals surface area contributed by atoms with Crippen LogP contribution in [0, 0.1) is 6.92 Å². The van der Waals surface area contributed by atoms with Gasteiger partial charge in [-0.2, -0.15) is 0 Å². The lowest BCUT2D eigenvalue weighted by molar-refractivity contribution is 0.581. The van der Waals surface area contributed by atoms with Crippen LogP contribution in [0.5, 0.6) is 0 Å². The molecule has 1 unspecified atom stereocenters. The van der Waals surface area contributed by atoms with Crippen molar-refractivity contribution in [1.82, 2.24) is 5.32 Å². The maximum absolute atomic E-state index is 12.3. The van der Waals surface area contributed by atoms with Gasteiger partial charge < -0.3 is 5.32 Å². The van der Waals surface area contributed by atoms with Gasteiger partial charge in [0, 0.05) is 19.6 Å². The van der Waals surface area contributed by atoms with E-state index in [1.165, 1.54) is 4.31 Å². The Balaban J connectivity index is 2.42. The molecule has 1 aliphatic heterocycles. The molecule has 0 spiro atoms. The van der Waals surface area contributed by atoms with E-state index in [1.807, 2.05) is 31.2 Å². The number of hydrogen-bond donors (Lipinski definition) is 1. The van der Waals surface area contributed by atoms with E-state index < -0.39 is 10.0 Å². The van der Waals surface area contributed by atoms with Gasteiger partial charge in [0.25, 0.3) is 0 Å². The number of hydrogen-bond acceptors (Lipinski definition) is 3. The van der Waals surface area contributed by atoms with Crippen molar-refractivity contribution in [2.75, 3.05) is 23.9 Å². The standard InChI is InChI=1S/C12H18N2O2S/c1-10-4-3-5-12(8-10)14-7-6-13-9-11(2)17(14,15)16/h3-5,8,11,13H,6-7,9H2,1-2H3. The van der Waals surface area contributed by atoms with Crippen molar-refractivity contribution in [3.8, 4) is 0 Å². The summed E-state index contributed by atoms with van der Waals surface area (Å²) in [5.41, 5.74) is 1.84. The van der Waals surface area contributed by atoms with Gasteiger partial charge in [-0.1, -0.05) is 12.1 Å². The molecule has 1 aromatic carbocycles. The average Bonchev–Trinajstić information content (AvgIpc) is 2.39. The van der Waals surface area contributed by atoms with E-state index in [2.05, 4.69) is 5.32 Å². The van der Waals surface area contributed by atoms with Crippen LogP contribution < -0.4 is 9.62 Å². The normalized spacial score (nSPS) is 24.4. The highest BCUT2D eigenvalue weighted by Crippen LogP contribution is 2.22. The van der Waals surface area contributed by atoms with Crippen molar-refractivity contribution in [1.29, 1.82) is 0 Å². The number of rotatable bonds is 1. The first-order valence-corrected chi connectivity index (χ1v) is 7.31. The molecule has 4 nitrogen and oxygen atoms in total. The monoisotopic (exact) mass is 254 g/mol. The number of nitrogens with one attached hydrogen (secondary N) is 1. The van der Waals surface area contributed by atoms with Gasteiger partial charge in [0.2, 0.25) is 10.0 Å². The Morgan fingerprint density at radius 3 is 2.88 bits per heavy atom. The first-order valence-electron chi connectivity index (χ1n) is 5.81. The maximum atomic E-state index is 12.3. The predicted octanol–water partition coefficient (Wildman–Crippen LogP) is 1.12. The molecule has 2 rings (SSSR count). The van der Waals surface area contributed by atoms with Gasteiger partial charge >= 0.3 is 0 Å². The Morgan fingerprint density at radius 1 is 1.41 bits per heavy atom. The molecule has 17 heavy (non-hydrogen) atoms. The number of aryl methyl sites for hydroxylation is 1. The van der Waals surface area contributed by atoms with Crippen molar-refractivity contribution >= 4 is 15.7 Å². The molecule has 1 saturated heterocycles. The van der Waals surface area contributed by atoms with Crippen LogP contribution in [0.1, 0.15) is 12.5 Å². The zero-order valence-electron chi connectivity index (χ0n) is 10.2. The zero-order chi connectivity index (χ0) is 12.5. The van der Waals surface area contributed by atoms with Crippen LogP contribution in [0.3, 0.4) is 0 Å². The van der Waals surface area contributed by atoms with Gasteiger partial charge in [0.15, 0.2) is 0 Å². The topological polar surface area (TPSA) is 49.4 Å². The smallest absolute Gasteiger partial charge is 0.239 e. The molecule has 1 atom stereocenters. The minimum atomic E-state index is -3.24. The summed E-state index contributed by atoms with van der Waals surface area (Å²) in [6.07, 6.45) is 0. The van der Waals surface area contributed by atoms with Gasteiger partial charge in [-0.05, 0) is 31.5 Å². The van der Waals surface area contributed by atoms with Crippen LogP contribution in [0.15, 0.2) is 24.3 Å². The third kappa shape index (κ3) is 2.45. The van der Waals surface area contributed by atoms with Crippen LogP contribution in [-0.4, -0.2) is 33.3 Å². The lowest BCUT2D eigenvalue weighted by Gasteiger charge is -2.24. The van der Waals surface area contributed by atoms with Crippen molar-refractivity contribution in [3.05, 3.63) is 29.8 Å². The molecule has 5 heteroatoms. The highest BCUT2D eigenvalue weighted by Gasteiger charge is 2.30. The highest BCUT2D eigenvalue weighted by atomic mass is 32.2. The fourth-order valence-corrected chi connectivity index (χ4v) is 3.51. The summed E-state index contributed by atoms with van der Waals surface area (Å²) in [6, 6.07) is 7.62. The highest BCUT2D eigenvalue weighted by molar-refractivity contribution is 7.93. The first-order chi connectivity index (χ1) is 8.01. The van der Waals surface area contributed by atoms with E-state index in [1.54, 1.807) is 6.92 Å². The van der Waals surface area contributed by atoms with Gasteiger partial charge in [0.1, 0.15) is 0 Å². The number of anilines is 1. The Morgan fingerprint density at radius 2 is 2.18 bits per heavy atom. The van der Waals surface area contributed by atoms with E-state index in [0.717, 1.165) is 11.3 Å². The van der Waals surface area contributed by atoms with Crippen LogP contribution >= 0.6 is 0 Å². The molecule has 1 heterocycles. The Kier molecular flexibility index (Phi) is 3.40. The molecule has 1 N–H and O–H groups in total. The van der Waals surface area contributed by atoms with E-state index in [4.69, 9.17) is 0 Å². The van der Waals surface area contributed by atoms with E-state index in [9.17, 15) is 8.42 Å². The van der Waals surface area contributed by atoms with Crippen LogP contribution in [0.4, 0.5) is 5.69 Å². The summed E-state index contributed by atoms with van der Waals surface area (Å²) < 4.78 is 26.2. The largest absolute Gasteiger partial charge is 0.314 e. The zero-order valence-corrected chi connectivity index (χ0v) is 11.0. The molecule has 0 amide bonds. The van der Waals surface area contributed by atoms with Gasteiger partial charge in [-0.3, -0.25) is 4.31 Å². The second-order valence-corrected chi connectivity index (χ2v) is 6.75. The summed E-state index contributed by atoms with van der Waals surface area (Å²) >= 11 is 0. The van der Waals surface area contributed by atoms with Crippen molar-refractivity contribution < 1.29 is 8.42 Å². The molecule has 0 aromatic heterocycles. The maximum Gasteiger partial charge on any atom is 0.239 e. The summed E-state index contributed by atoms with van der Waals surface area (Å²) in [6.45, 7) is 5.42. The molecule has 1 fully saturated rings. The molecule has 1 aromatic rings. The van der Waals surface area contributed by atoms with E-state index in [0.29, 0.717) is 19.6 Å². The third-order valence-electron chi connectivity index (χ3n) is 3.03. The molecular formula is C12H18N2O2S. The first kappa shape index (κ1) is 12.4. The number of benzene rings is 1. The summed E-state index contributed by atoms with van der Waals surface area (Å²) in [7, 11) is -3.24. The Labute approximate surface area is 103 Å². The van der Waals surface area contributed by atoms with E-state index >= 15 is 0 Å². The van der Waals surface area contributed by atoms with Crippen molar-refractivity contribution in [2.24, 2.45) is 0 Å². The average molecular weight is 254 g/mol. The van der Waals surface area contributed by atoms with Gasteiger partial charge in [-0.25, -0.2) is 8.42 Å². The van der Waals surface area contributed by atoms with Crippen molar-refractivity contribution in [2.45, 2.75) is 19.1 Å². The molecule has 0 bridgehead atoms.